The summed E-state index contributed by atoms with van der Waals surface area (Å²) < 4.78 is 38.2. The molecule has 206 valence electrons. The number of carbonyl (C=O) groups is 2. The van der Waals surface area contributed by atoms with Gasteiger partial charge in [-0.1, -0.05) is 6.07 Å². The predicted molar refractivity (Wildman–Crippen MR) is 139 cm³/mol. The zero-order chi connectivity index (χ0) is 28.0. The first-order chi connectivity index (χ1) is 19.4. The first-order valence-electron chi connectivity index (χ1n) is 12.3. The number of hydrogen-bond donors (Lipinski definition) is 1. The quantitative estimate of drug-likeness (QED) is 0.266. The Morgan fingerprint density at radius 2 is 1.55 bits per heavy atom. The Bertz CT molecular complexity index is 1560. The van der Waals surface area contributed by atoms with Gasteiger partial charge in [-0.3, -0.25) is 9.59 Å². The molecule has 3 aliphatic rings. The Kier molecular flexibility index (Phi) is 6.25. The van der Waals surface area contributed by atoms with Crippen LogP contribution in [0.15, 0.2) is 54.1 Å². The Hall–Kier alpha value is -5.06. The number of ether oxygens (including phenoxy) is 7. The molecule has 11 heteroatoms. The van der Waals surface area contributed by atoms with Crippen molar-refractivity contribution in [3.63, 3.8) is 0 Å². The van der Waals surface area contributed by atoms with Gasteiger partial charge >= 0.3 is 0 Å². The van der Waals surface area contributed by atoms with Crippen LogP contribution < -0.4 is 33.2 Å². The SMILES string of the molecule is COc1ccc(/C(O)=C2\C(=O)C(=O)N(Cc3ccc4c(c3)OCO4)C2c2cc(OC)c3c(c2)OCO3)cc1OC. The van der Waals surface area contributed by atoms with Crippen molar-refractivity contribution in [2.45, 2.75) is 12.6 Å². The molecule has 1 N–H and O–H groups in total. The molecule has 0 aliphatic carbocycles. The molecule has 6 rings (SSSR count). The summed E-state index contributed by atoms with van der Waals surface area (Å²) in [5.74, 6) is 1.13. The van der Waals surface area contributed by atoms with E-state index in [0.29, 0.717) is 51.4 Å². The summed E-state index contributed by atoms with van der Waals surface area (Å²) in [6.07, 6.45) is 0. The molecule has 3 aliphatic heterocycles. The highest BCUT2D eigenvalue weighted by Gasteiger charge is 2.47. The molecule has 0 radical (unpaired) electrons. The first kappa shape index (κ1) is 25.2. The highest BCUT2D eigenvalue weighted by atomic mass is 16.7. The van der Waals surface area contributed by atoms with Gasteiger partial charge in [0.15, 0.2) is 34.5 Å². The van der Waals surface area contributed by atoms with Crippen LogP contribution in [-0.4, -0.2) is 56.6 Å². The van der Waals surface area contributed by atoms with Crippen molar-refractivity contribution in [1.29, 1.82) is 0 Å². The second kappa shape index (κ2) is 9.92. The predicted octanol–water partition coefficient (Wildman–Crippen LogP) is 3.79. The van der Waals surface area contributed by atoms with Crippen molar-refractivity contribution in [1.82, 2.24) is 4.90 Å². The summed E-state index contributed by atoms with van der Waals surface area (Å²) in [5.41, 5.74) is 1.37. The van der Waals surface area contributed by atoms with Crippen LogP contribution in [0.3, 0.4) is 0 Å². The van der Waals surface area contributed by atoms with Gasteiger partial charge in [0.2, 0.25) is 19.3 Å². The third kappa shape index (κ3) is 4.06. The van der Waals surface area contributed by atoms with Crippen molar-refractivity contribution < 1.29 is 47.9 Å². The molecule has 1 amide bonds. The summed E-state index contributed by atoms with van der Waals surface area (Å²) >= 11 is 0. The molecule has 1 saturated heterocycles. The number of methoxy groups -OCH3 is 3. The van der Waals surface area contributed by atoms with E-state index in [1.807, 2.05) is 0 Å². The molecule has 11 nitrogen and oxygen atoms in total. The fourth-order valence-corrected chi connectivity index (χ4v) is 5.07. The smallest absolute Gasteiger partial charge is 0.295 e. The van der Waals surface area contributed by atoms with Crippen molar-refractivity contribution in [2.24, 2.45) is 0 Å². The molecule has 0 saturated carbocycles. The largest absolute Gasteiger partial charge is 0.507 e. The molecule has 0 spiro atoms. The fraction of sp³-hybridized carbons (Fsp3) is 0.241. The summed E-state index contributed by atoms with van der Waals surface area (Å²) in [7, 11) is 4.44. The minimum absolute atomic E-state index is 0.00181. The van der Waals surface area contributed by atoms with Crippen LogP contribution >= 0.6 is 0 Å². The number of benzene rings is 3. The molecule has 1 unspecified atom stereocenters. The summed E-state index contributed by atoms with van der Waals surface area (Å²) in [4.78, 5) is 28.5. The van der Waals surface area contributed by atoms with Crippen LogP contribution in [-0.2, 0) is 16.1 Å². The van der Waals surface area contributed by atoms with Crippen LogP contribution in [0.25, 0.3) is 5.76 Å². The normalized spacial score (nSPS) is 18.3. The molecule has 1 atom stereocenters. The maximum Gasteiger partial charge on any atom is 0.295 e. The number of carbonyl (C=O) groups excluding carboxylic acids is 2. The number of fused-ring (bicyclic) bond motifs is 2. The second-order valence-corrected chi connectivity index (χ2v) is 9.14. The van der Waals surface area contributed by atoms with Crippen LogP contribution in [0.4, 0.5) is 0 Å². The van der Waals surface area contributed by atoms with E-state index in [1.165, 1.54) is 32.3 Å². The summed E-state index contributed by atoms with van der Waals surface area (Å²) in [6.45, 7) is 0.148. The zero-order valence-corrected chi connectivity index (χ0v) is 21.9. The van der Waals surface area contributed by atoms with Gasteiger partial charge in [-0.25, -0.2) is 0 Å². The molecular formula is C29H25NO10. The van der Waals surface area contributed by atoms with Gasteiger partial charge in [-0.2, -0.15) is 0 Å². The topological polar surface area (TPSA) is 122 Å². The minimum atomic E-state index is -0.984. The third-order valence-electron chi connectivity index (χ3n) is 6.98. The number of hydrogen-bond acceptors (Lipinski definition) is 10. The number of Topliss-reactive ketones (excluding diaryl/α,β-unsaturated/α-hetero) is 1. The van der Waals surface area contributed by atoms with E-state index in [-0.39, 0.29) is 37.0 Å². The van der Waals surface area contributed by atoms with E-state index in [1.54, 1.807) is 42.5 Å². The Labute approximate surface area is 229 Å². The molecule has 0 bridgehead atoms. The van der Waals surface area contributed by atoms with Gasteiger partial charge < -0.3 is 43.2 Å². The average Bonchev–Trinajstić information content (AvgIpc) is 3.71. The van der Waals surface area contributed by atoms with Crippen molar-refractivity contribution in [3.05, 3.63) is 70.8 Å². The van der Waals surface area contributed by atoms with E-state index in [0.717, 1.165) is 0 Å². The number of aliphatic hydroxyl groups excluding tert-OH is 1. The Morgan fingerprint density at radius 1 is 0.825 bits per heavy atom. The van der Waals surface area contributed by atoms with E-state index < -0.39 is 17.7 Å². The number of aliphatic hydroxyl groups is 1. The van der Waals surface area contributed by atoms with Gasteiger partial charge in [0, 0.05) is 12.1 Å². The van der Waals surface area contributed by atoms with Gasteiger partial charge in [0.1, 0.15) is 5.76 Å². The summed E-state index contributed by atoms with van der Waals surface area (Å²) in [5, 5.41) is 11.5. The standard InChI is InChI=1S/C29H25NO10/c1-34-18-7-5-16(9-20(18)35-2)26(31)24-25(17-10-22(36-3)28-23(11-17)39-14-40-28)30(29(33)27(24)32)12-15-4-6-19-21(8-15)38-13-37-19/h4-11,25,31H,12-14H2,1-3H3/b26-24+. The van der Waals surface area contributed by atoms with E-state index in [9.17, 15) is 14.7 Å². The van der Waals surface area contributed by atoms with Gasteiger partial charge in [0.05, 0.1) is 32.9 Å². The summed E-state index contributed by atoms with van der Waals surface area (Å²) in [6, 6.07) is 12.4. The fourth-order valence-electron chi connectivity index (χ4n) is 5.07. The van der Waals surface area contributed by atoms with Crippen molar-refractivity contribution in [3.8, 4) is 40.2 Å². The monoisotopic (exact) mass is 547 g/mol. The molecule has 0 aromatic heterocycles. The van der Waals surface area contributed by atoms with Crippen LogP contribution in [0.1, 0.15) is 22.7 Å². The Balaban J connectivity index is 1.50. The lowest BCUT2D eigenvalue weighted by Gasteiger charge is -2.26. The maximum absolute atomic E-state index is 13.6. The highest BCUT2D eigenvalue weighted by molar-refractivity contribution is 6.46. The van der Waals surface area contributed by atoms with Crippen LogP contribution in [0.2, 0.25) is 0 Å². The Morgan fingerprint density at radius 3 is 2.33 bits per heavy atom. The number of amides is 1. The maximum atomic E-state index is 13.6. The lowest BCUT2D eigenvalue weighted by Crippen LogP contribution is -2.29. The van der Waals surface area contributed by atoms with Gasteiger partial charge in [-0.05, 0) is 53.6 Å². The number of likely N-dealkylation sites (tertiary alicyclic amines) is 1. The van der Waals surface area contributed by atoms with Crippen molar-refractivity contribution >= 4 is 17.4 Å². The molecule has 3 aromatic rings. The average molecular weight is 548 g/mol. The highest BCUT2D eigenvalue weighted by Crippen LogP contribution is 2.48. The van der Waals surface area contributed by atoms with E-state index in [4.69, 9.17) is 33.2 Å². The third-order valence-corrected chi connectivity index (χ3v) is 6.98. The lowest BCUT2D eigenvalue weighted by atomic mass is 9.94. The van der Waals surface area contributed by atoms with E-state index >= 15 is 0 Å². The lowest BCUT2D eigenvalue weighted by molar-refractivity contribution is -0.140. The number of nitrogens with zero attached hydrogens (tertiary/aromatic N) is 1. The number of ketones is 1. The van der Waals surface area contributed by atoms with E-state index in [2.05, 4.69) is 0 Å². The zero-order valence-electron chi connectivity index (χ0n) is 21.9. The van der Waals surface area contributed by atoms with Crippen molar-refractivity contribution in [2.75, 3.05) is 34.9 Å². The second-order valence-electron chi connectivity index (χ2n) is 9.14. The van der Waals surface area contributed by atoms with Gasteiger partial charge in [0.25, 0.3) is 11.7 Å². The minimum Gasteiger partial charge on any atom is -0.507 e. The molecule has 40 heavy (non-hydrogen) atoms. The van der Waals surface area contributed by atoms with Gasteiger partial charge in [-0.15, -0.1) is 0 Å². The molecule has 1 fully saturated rings. The first-order valence-corrected chi connectivity index (χ1v) is 12.3. The molecule has 3 aromatic carbocycles. The van der Waals surface area contributed by atoms with Crippen LogP contribution in [0, 0.1) is 0 Å². The molecule has 3 heterocycles. The molecular weight excluding hydrogens is 522 g/mol. The van der Waals surface area contributed by atoms with Crippen LogP contribution in [0.5, 0.6) is 40.2 Å². The number of rotatable bonds is 7.